The van der Waals surface area contributed by atoms with Crippen molar-refractivity contribution in [2.24, 2.45) is 5.92 Å². The summed E-state index contributed by atoms with van der Waals surface area (Å²) in [4.78, 5) is 12.4. The molecule has 2 saturated carbocycles. The maximum Gasteiger partial charge on any atom is 0.237 e. The Balaban J connectivity index is 1.53. The summed E-state index contributed by atoms with van der Waals surface area (Å²) in [5.41, 5.74) is 0. The highest BCUT2D eigenvalue weighted by molar-refractivity contribution is 5.82. The summed E-state index contributed by atoms with van der Waals surface area (Å²) in [7, 11) is 1.75. The van der Waals surface area contributed by atoms with Crippen molar-refractivity contribution in [1.82, 2.24) is 10.6 Å². The van der Waals surface area contributed by atoms with E-state index >= 15 is 0 Å². The van der Waals surface area contributed by atoms with Crippen LogP contribution in [0.5, 0.6) is 0 Å². The highest BCUT2D eigenvalue weighted by Gasteiger charge is 2.39. The molecular weight excluding hydrogens is 240 g/mol. The summed E-state index contributed by atoms with van der Waals surface area (Å²) >= 11 is 0. The highest BCUT2D eigenvalue weighted by Crippen LogP contribution is 2.33. The number of hydrogen-bond acceptors (Lipinski definition) is 3. The summed E-state index contributed by atoms with van der Waals surface area (Å²) < 4.78 is 5.45. The van der Waals surface area contributed by atoms with Gasteiger partial charge in [-0.1, -0.05) is 12.8 Å². The number of ether oxygens (including phenoxy) is 1. The molecular formula is C15H26N2O2. The fraction of sp³-hybridized carbons (Fsp3) is 0.933. The van der Waals surface area contributed by atoms with Crippen LogP contribution in [0.15, 0.2) is 0 Å². The zero-order chi connectivity index (χ0) is 13.2. The number of fused-ring (bicyclic) bond motifs is 1. The Morgan fingerprint density at radius 1 is 1.16 bits per heavy atom. The van der Waals surface area contributed by atoms with Crippen molar-refractivity contribution < 1.29 is 9.53 Å². The van der Waals surface area contributed by atoms with Gasteiger partial charge in [-0.25, -0.2) is 0 Å². The predicted octanol–water partition coefficient (Wildman–Crippen LogP) is 1.59. The molecule has 108 valence electrons. The molecule has 1 heterocycles. The molecule has 5 atom stereocenters. The number of carbonyl (C=O) groups is 1. The van der Waals surface area contributed by atoms with E-state index in [2.05, 4.69) is 10.6 Å². The summed E-state index contributed by atoms with van der Waals surface area (Å²) in [5.74, 6) is 0.926. The number of hydrogen-bond donors (Lipinski definition) is 2. The van der Waals surface area contributed by atoms with Gasteiger partial charge in [0.25, 0.3) is 0 Å². The van der Waals surface area contributed by atoms with E-state index in [4.69, 9.17) is 4.74 Å². The molecule has 1 amide bonds. The average molecular weight is 266 g/mol. The molecule has 4 heteroatoms. The lowest BCUT2D eigenvalue weighted by molar-refractivity contribution is -0.124. The monoisotopic (exact) mass is 266 g/mol. The third-order valence-electron chi connectivity index (χ3n) is 5.26. The first kappa shape index (κ1) is 13.4. The van der Waals surface area contributed by atoms with Crippen molar-refractivity contribution >= 4 is 5.91 Å². The first-order valence-electron chi connectivity index (χ1n) is 7.87. The minimum atomic E-state index is 0.0335. The van der Waals surface area contributed by atoms with E-state index in [-0.39, 0.29) is 24.1 Å². The molecule has 2 N–H and O–H groups in total. The van der Waals surface area contributed by atoms with Crippen LogP contribution in [0.3, 0.4) is 0 Å². The van der Waals surface area contributed by atoms with Crippen molar-refractivity contribution in [3.8, 4) is 0 Å². The Morgan fingerprint density at radius 3 is 2.79 bits per heavy atom. The van der Waals surface area contributed by atoms with Gasteiger partial charge in [-0.15, -0.1) is 0 Å². The van der Waals surface area contributed by atoms with Crippen LogP contribution in [-0.4, -0.2) is 37.2 Å². The lowest BCUT2D eigenvalue weighted by Gasteiger charge is -2.24. The van der Waals surface area contributed by atoms with Gasteiger partial charge in [-0.05, 0) is 44.4 Å². The molecule has 19 heavy (non-hydrogen) atoms. The van der Waals surface area contributed by atoms with Gasteiger partial charge in [-0.3, -0.25) is 4.79 Å². The summed E-state index contributed by atoms with van der Waals surface area (Å²) in [6.45, 7) is 0. The van der Waals surface area contributed by atoms with Crippen LogP contribution in [0.2, 0.25) is 0 Å². The molecule has 0 radical (unpaired) electrons. The van der Waals surface area contributed by atoms with E-state index in [0.29, 0.717) is 6.04 Å². The zero-order valence-electron chi connectivity index (χ0n) is 11.9. The first-order chi connectivity index (χ1) is 9.28. The second-order valence-electron chi connectivity index (χ2n) is 6.43. The van der Waals surface area contributed by atoms with Crippen LogP contribution in [0.25, 0.3) is 0 Å². The van der Waals surface area contributed by atoms with Crippen LogP contribution >= 0.6 is 0 Å². The van der Waals surface area contributed by atoms with Crippen molar-refractivity contribution in [3.05, 3.63) is 0 Å². The van der Waals surface area contributed by atoms with Gasteiger partial charge in [-0.2, -0.15) is 0 Å². The third-order valence-corrected chi connectivity index (χ3v) is 5.26. The standard InChI is InChI=1S/C15H26N2O2/c1-19-14-8-4-7-12(14)17-15(18)13-9-10-5-2-3-6-11(10)16-13/h10-14,16H,2-9H2,1H3,(H,17,18). The number of carbonyl (C=O) groups excluding carboxylic acids is 1. The second kappa shape index (κ2) is 5.80. The molecule has 2 aliphatic carbocycles. The van der Waals surface area contributed by atoms with Gasteiger partial charge < -0.3 is 15.4 Å². The first-order valence-corrected chi connectivity index (χ1v) is 7.87. The largest absolute Gasteiger partial charge is 0.379 e. The van der Waals surface area contributed by atoms with Crippen molar-refractivity contribution in [1.29, 1.82) is 0 Å². The molecule has 0 aromatic rings. The molecule has 0 aromatic heterocycles. The Morgan fingerprint density at radius 2 is 2.00 bits per heavy atom. The SMILES string of the molecule is COC1CCCC1NC(=O)C1CC2CCCCC2N1. The van der Waals surface area contributed by atoms with Gasteiger partial charge in [0.1, 0.15) is 0 Å². The quantitative estimate of drug-likeness (QED) is 0.815. The molecule has 3 rings (SSSR count). The van der Waals surface area contributed by atoms with Gasteiger partial charge in [0.15, 0.2) is 0 Å². The van der Waals surface area contributed by atoms with Crippen LogP contribution in [0, 0.1) is 5.92 Å². The molecule has 0 spiro atoms. The smallest absolute Gasteiger partial charge is 0.237 e. The van der Waals surface area contributed by atoms with Crippen LogP contribution in [0.1, 0.15) is 51.4 Å². The molecule has 0 aromatic carbocycles. The normalized spacial score (nSPS) is 42.1. The molecule has 3 aliphatic rings. The lowest BCUT2D eigenvalue weighted by Crippen LogP contribution is -2.49. The Hall–Kier alpha value is -0.610. The molecule has 3 fully saturated rings. The molecule has 5 unspecified atom stereocenters. The predicted molar refractivity (Wildman–Crippen MR) is 73.9 cm³/mol. The number of nitrogens with one attached hydrogen (secondary N) is 2. The van der Waals surface area contributed by atoms with Crippen LogP contribution in [0.4, 0.5) is 0 Å². The lowest BCUT2D eigenvalue weighted by atomic mass is 9.85. The fourth-order valence-electron chi connectivity index (χ4n) is 4.18. The minimum absolute atomic E-state index is 0.0335. The maximum absolute atomic E-state index is 12.4. The molecule has 4 nitrogen and oxygen atoms in total. The van der Waals surface area contributed by atoms with Gasteiger partial charge in [0.2, 0.25) is 5.91 Å². The maximum atomic E-state index is 12.4. The van der Waals surface area contributed by atoms with Gasteiger partial charge in [0, 0.05) is 13.2 Å². The molecule has 1 aliphatic heterocycles. The Bertz CT molecular complexity index is 320. The van der Waals surface area contributed by atoms with E-state index < -0.39 is 0 Å². The van der Waals surface area contributed by atoms with Gasteiger partial charge >= 0.3 is 0 Å². The average Bonchev–Trinajstić information content (AvgIpc) is 3.03. The number of rotatable bonds is 3. The van der Waals surface area contributed by atoms with E-state index in [9.17, 15) is 4.79 Å². The van der Waals surface area contributed by atoms with Crippen molar-refractivity contribution in [2.75, 3.05) is 7.11 Å². The second-order valence-corrected chi connectivity index (χ2v) is 6.43. The molecule has 0 bridgehead atoms. The van der Waals surface area contributed by atoms with E-state index in [1.54, 1.807) is 7.11 Å². The van der Waals surface area contributed by atoms with E-state index in [1.165, 1.54) is 25.7 Å². The Kier molecular flexibility index (Phi) is 4.08. The van der Waals surface area contributed by atoms with Gasteiger partial charge in [0.05, 0.1) is 18.2 Å². The topological polar surface area (TPSA) is 50.4 Å². The molecule has 1 saturated heterocycles. The highest BCUT2D eigenvalue weighted by atomic mass is 16.5. The van der Waals surface area contributed by atoms with Crippen molar-refractivity contribution in [3.63, 3.8) is 0 Å². The van der Waals surface area contributed by atoms with Crippen LogP contribution in [-0.2, 0) is 9.53 Å². The minimum Gasteiger partial charge on any atom is -0.379 e. The summed E-state index contributed by atoms with van der Waals surface area (Å²) in [5, 5.41) is 6.75. The van der Waals surface area contributed by atoms with Crippen molar-refractivity contribution in [2.45, 2.75) is 75.6 Å². The summed E-state index contributed by atoms with van der Waals surface area (Å²) in [6, 6.07) is 0.847. The van der Waals surface area contributed by atoms with Crippen LogP contribution < -0.4 is 10.6 Å². The Labute approximate surface area is 115 Å². The zero-order valence-corrected chi connectivity index (χ0v) is 11.9. The number of methoxy groups -OCH3 is 1. The third kappa shape index (κ3) is 2.79. The van der Waals surface area contributed by atoms with E-state index in [1.807, 2.05) is 0 Å². The number of amides is 1. The van der Waals surface area contributed by atoms with E-state index in [0.717, 1.165) is 31.6 Å². The summed E-state index contributed by atoms with van der Waals surface area (Å²) in [6.07, 6.45) is 9.74. The fourth-order valence-corrected chi connectivity index (χ4v) is 4.18.